The van der Waals surface area contributed by atoms with E-state index in [1.165, 1.54) is 4.40 Å². The van der Waals surface area contributed by atoms with Gasteiger partial charge in [-0.2, -0.15) is 5.10 Å². The van der Waals surface area contributed by atoms with Crippen LogP contribution in [0, 0.1) is 0 Å². The van der Waals surface area contributed by atoms with Gasteiger partial charge in [-0.05, 0) is 6.42 Å². The minimum atomic E-state index is -0.248. The van der Waals surface area contributed by atoms with Gasteiger partial charge in [0.1, 0.15) is 0 Å². The lowest BCUT2D eigenvalue weighted by Gasteiger charge is -2.28. The molecule has 1 N–H and O–H groups in total. The molecule has 3 heterocycles. The molecule has 18 heavy (non-hydrogen) atoms. The van der Waals surface area contributed by atoms with E-state index in [9.17, 15) is 4.79 Å². The van der Waals surface area contributed by atoms with Crippen LogP contribution in [0.2, 0.25) is 0 Å². The smallest absolute Gasteiger partial charge is 0.350 e. The number of fused-ring (bicyclic) bond motifs is 1. The van der Waals surface area contributed by atoms with Gasteiger partial charge in [-0.1, -0.05) is 6.92 Å². The second-order valence-electron chi connectivity index (χ2n) is 4.22. The second-order valence-corrected chi connectivity index (χ2v) is 4.22. The van der Waals surface area contributed by atoms with Crippen LogP contribution < -0.4 is 10.6 Å². The zero-order chi connectivity index (χ0) is 12.5. The van der Waals surface area contributed by atoms with Gasteiger partial charge < -0.3 is 9.64 Å². The molecule has 0 saturated carbocycles. The quantitative estimate of drug-likeness (QED) is 0.799. The number of aromatic amines is 1. The van der Waals surface area contributed by atoms with Crippen molar-refractivity contribution >= 4 is 11.6 Å². The van der Waals surface area contributed by atoms with E-state index in [0.717, 1.165) is 25.2 Å². The number of hydrogen-bond donors (Lipinski definition) is 1. The highest BCUT2D eigenvalue weighted by Gasteiger charge is 2.18. The van der Waals surface area contributed by atoms with E-state index >= 15 is 0 Å². The standard InChI is InChI=1S/C11H15N5O2/c1-2-8-7-9-13-14-11(17)16(9)10(12-8)15-3-5-18-6-4-15/h7H,2-6H2,1H3,(H,14,17). The molecule has 0 unspecified atom stereocenters. The molecule has 2 aromatic heterocycles. The molecular formula is C11H15N5O2. The predicted octanol–water partition coefficient (Wildman–Crippen LogP) is -0.183. The summed E-state index contributed by atoms with van der Waals surface area (Å²) in [6, 6.07) is 1.84. The number of hydrogen-bond acceptors (Lipinski definition) is 5. The van der Waals surface area contributed by atoms with Crippen LogP contribution in [-0.4, -0.2) is 45.9 Å². The maximum absolute atomic E-state index is 11.8. The van der Waals surface area contributed by atoms with Crippen LogP contribution >= 0.6 is 0 Å². The third-order valence-electron chi connectivity index (χ3n) is 3.09. The van der Waals surface area contributed by atoms with Gasteiger partial charge in [0.2, 0.25) is 5.95 Å². The van der Waals surface area contributed by atoms with E-state index in [1.807, 2.05) is 13.0 Å². The van der Waals surface area contributed by atoms with Gasteiger partial charge in [0.15, 0.2) is 5.65 Å². The molecule has 1 aliphatic rings. The molecular weight excluding hydrogens is 234 g/mol. The lowest BCUT2D eigenvalue weighted by Crippen LogP contribution is -2.39. The number of nitrogens with zero attached hydrogens (tertiary/aromatic N) is 4. The highest BCUT2D eigenvalue weighted by molar-refractivity contribution is 5.47. The first-order valence-electron chi connectivity index (χ1n) is 6.09. The predicted molar refractivity (Wildman–Crippen MR) is 66.0 cm³/mol. The molecule has 0 aliphatic carbocycles. The Balaban J connectivity index is 2.17. The number of anilines is 1. The summed E-state index contributed by atoms with van der Waals surface area (Å²) in [6.45, 7) is 4.84. The van der Waals surface area contributed by atoms with Crippen LogP contribution in [0.3, 0.4) is 0 Å². The summed E-state index contributed by atoms with van der Waals surface area (Å²) >= 11 is 0. The van der Waals surface area contributed by atoms with E-state index < -0.39 is 0 Å². The van der Waals surface area contributed by atoms with Gasteiger partial charge in [0, 0.05) is 24.8 Å². The Labute approximate surface area is 103 Å². The first-order chi connectivity index (χ1) is 8.79. The topological polar surface area (TPSA) is 75.5 Å². The number of morpholine rings is 1. The molecule has 2 aromatic rings. The van der Waals surface area contributed by atoms with Crippen LogP contribution in [0.25, 0.3) is 5.65 Å². The van der Waals surface area contributed by atoms with Crippen molar-refractivity contribution in [2.24, 2.45) is 0 Å². The first-order valence-corrected chi connectivity index (χ1v) is 6.09. The van der Waals surface area contributed by atoms with Crippen molar-refractivity contribution < 1.29 is 4.74 Å². The monoisotopic (exact) mass is 249 g/mol. The highest BCUT2D eigenvalue weighted by atomic mass is 16.5. The average Bonchev–Trinajstić information content (AvgIpc) is 2.80. The normalized spacial score (nSPS) is 16.4. The fraction of sp³-hybridized carbons (Fsp3) is 0.545. The molecule has 0 radical (unpaired) electrons. The van der Waals surface area contributed by atoms with Crippen molar-refractivity contribution in [1.29, 1.82) is 0 Å². The number of aromatic nitrogens is 4. The Morgan fingerprint density at radius 1 is 1.44 bits per heavy atom. The molecule has 1 saturated heterocycles. The molecule has 96 valence electrons. The first kappa shape index (κ1) is 11.2. The van der Waals surface area contributed by atoms with Crippen LogP contribution in [0.1, 0.15) is 12.6 Å². The molecule has 7 nitrogen and oxygen atoms in total. The molecule has 3 rings (SSSR count). The minimum absolute atomic E-state index is 0.248. The molecule has 0 atom stereocenters. The fourth-order valence-electron chi connectivity index (χ4n) is 2.12. The van der Waals surface area contributed by atoms with Gasteiger partial charge in [-0.15, -0.1) is 0 Å². The van der Waals surface area contributed by atoms with Crippen molar-refractivity contribution in [3.8, 4) is 0 Å². The number of nitrogens with one attached hydrogen (secondary N) is 1. The third kappa shape index (κ3) is 1.76. The number of aryl methyl sites for hydroxylation is 1. The van der Waals surface area contributed by atoms with Crippen molar-refractivity contribution in [2.45, 2.75) is 13.3 Å². The maximum atomic E-state index is 11.8. The molecule has 0 bridgehead atoms. The molecule has 0 amide bonds. The molecule has 7 heteroatoms. The van der Waals surface area contributed by atoms with E-state index in [1.54, 1.807) is 0 Å². The summed E-state index contributed by atoms with van der Waals surface area (Å²) in [6.07, 6.45) is 0.814. The third-order valence-corrected chi connectivity index (χ3v) is 3.09. The van der Waals surface area contributed by atoms with Crippen LogP contribution in [0.4, 0.5) is 5.95 Å². The van der Waals surface area contributed by atoms with Crippen LogP contribution in [-0.2, 0) is 11.2 Å². The Bertz CT molecular complexity index is 611. The van der Waals surface area contributed by atoms with Crippen molar-refractivity contribution in [3.63, 3.8) is 0 Å². The Morgan fingerprint density at radius 2 is 2.22 bits per heavy atom. The van der Waals surface area contributed by atoms with E-state index in [2.05, 4.69) is 20.1 Å². The van der Waals surface area contributed by atoms with Gasteiger partial charge in [0.05, 0.1) is 13.2 Å². The van der Waals surface area contributed by atoms with Crippen LogP contribution in [0.15, 0.2) is 10.9 Å². The number of H-pyrrole nitrogens is 1. The zero-order valence-corrected chi connectivity index (χ0v) is 10.2. The number of rotatable bonds is 2. The Morgan fingerprint density at radius 3 is 2.94 bits per heavy atom. The minimum Gasteiger partial charge on any atom is -0.378 e. The summed E-state index contributed by atoms with van der Waals surface area (Å²) in [4.78, 5) is 18.4. The summed E-state index contributed by atoms with van der Waals surface area (Å²) in [5, 5.41) is 6.48. The van der Waals surface area contributed by atoms with E-state index in [-0.39, 0.29) is 5.69 Å². The van der Waals surface area contributed by atoms with Gasteiger partial charge >= 0.3 is 5.69 Å². The average molecular weight is 249 g/mol. The maximum Gasteiger partial charge on any atom is 0.350 e. The largest absolute Gasteiger partial charge is 0.378 e. The molecule has 0 spiro atoms. The highest BCUT2D eigenvalue weighted by Crippen LogP contribution is 2.14. The van der Waals surface area contributed by atoms with Crippen molar-refractivity contribution in [2.75, 3.05) is 31.2 Å². The summed E-state index contributed by atoms with van der Waals surface area (Å²) < 4.78 is 6.84. The Hall–Kier alpha value is -1.89. The van der Waals surface area contributed by atoms with E-state index in [0.29, 0.717) is 24.8 Å². The molecule has 1 fully saturated rings. The SMILES string of the molecule is CCc1cc2n[nH]c(=O)n2c(N2CCOCC2)n1. The summed E-state index contributed by atoms with van der Waals surface area (Å²) in [5.41, 5.74) is 1.30. The molecule has 0 aromatic carbocycles. The fourth-order valence-corrected chi connectivity index (χ4v) is 2.12. The number of ether oxygens (including phenoxy) is 1. The lowest BCUT2D eigenvalue weighted by molar-refractivity contribution is 0.122. The summed E-state index contributed by atoms with van der Waals surface area (Å²) in [5.74, 6) is 0.659. The second kappa shape index (κ2) is 4.41. The summed E-state index contributed by atoms with van der Waals surface area (Å²) in [7, 11) is 0. The van der Waals surface area contributed by atoms with Gasteiger partial charge in [-0.25, -0.2) is 19.3 Å². The van der Waals surface area contributed by atoms with Crippen molar-refractivity contribution in [1.82, 2.24) is 19.6 Å². The van der Waals surface area contributed by atoms with E-state index in [4.69, 9.17) is 4.74 Å². The zero-order valence-electron chi connectivity index (χ0n) is 10.2. The van der Waals surface area contributed by atoms with Gasteiger partial charge in [0.25, 0.3) is 0 Å². The van der Waals surface area contributed by atoms with Gasteiger partial charge in [-0.3, -0.25) is 0 Å². The molecule has 1 aliphatic heterocycles. The Kier molecular flexibility index (Phi) is 2.75. The lowest BCUT2D eigenvalue weighted by atomic mass is 10.3. The van der Waals surface area contributed by atoms with Crippen molar-refractivity contribution in [3.05, 3.63) is 22.2 Å². The van der Waals surface area contributed by atoms with Crippen LogP contribution in [0.5, 0.6) is 0 Å².